The van der Waals surface area contributed by atoms with Crippen molar-refractivity contribution in [2.24, 2.45) is 0 Å². The summed E-state index contributed by atoms with van der Waals surface area (Å²) < 4.78 is 6.49. The Morgan fingerprint density at radius 2 is 2.43 bits per heavy atom. The minimum absolute atomic E-state index is 0.0825. The van der Waals surface area contributed by atoms with E-state index in [0.29, 0.717) is 12.6 Å². The molecular formula is C16H21BrN2O2. The molecule has 2 fully saturated rings. The molecule has 0 saturated carbocycles. The molecule has 2 aliphatic rings. The number of carbonyl (C=O) groups excluding carboxylic acids is 1. The Kier molecular flexibility index (Phi) is 4.31. The lowest BCUT2D eigenvalue weighted by molar-refractivity contribution is -0.151. The minimum Gasteiger partial charge on any atom is -0.464 e. The molecule has 0 radical (unpaired) electrons. The molecule has 3 unspecified atom stereocenters. The summed E-state index contributed by atoms with van der Waals surface area (Å²) in [6.07, 6.45) is 8.51. The lowest BCUT2D eigenvalue weighted by Gasteiger charge is -2.32. The molecule has 3 heterocycles. The summed E-state index contributed by atoms with van der Waals surface area (Å²) in [6.45, 7) is 2.62. The van der Waals surface area contributed by atoms with Crippen LogP contribution < -0.4 is 5.32 Å². The first-order chi connectivity index (χ1) is 10.2. The highest BCUT2D eigenvalue weighted by Crippen LogP contribution is 2.48. The summed E-state index contributed by atoms with van der Waals surface area (Å²) >= 11 is 3.47. The maximum absolute atomic E-state index is 12.7. The zero-order valence-corrected chi connectivity index (χ0v) is 13.9. The molecule has 0 spiro atoms. The first-order valence-electron chi connectivity index (χ1n) is 7.71. The molecule has 1 aromatic heterocycles. The van der Waals surface area contributed by atoms with Gasteiger partial charge in [-0.25, -0.2) is 0 Å². The monoisotopic (exact) mass is 352 g/mol. The topological polar surface area (TPSA) is 51.2 Å². The van der Waals surface area contributed by atoms with Crippen molar-refractivity contribution in [3.63, 3.8) is 0 Å². The fraction of sp³-hybridized carbons (Fsp3) is 0.625. The van der Waals surface area contributed by atoms with Crippen molar-refractivity contribution in [3.8, 4) is 0 Å². The number of hydrogen-bond donors (Lipinski definition) is 1. The van der Waals surface area contributed by atoms with Gasteiger partial charge in [-0.05, 0) is 53.2 Å². The highest BCUT2D eigenvalue weighted by molar-refractivity contribution is 9.10. The summed E-state index contributed by atoms with van der Waals surface area (Å²) in [5, 5.41) is 3.52. The van der Waals surface area contributed by atoms with Crippen LogP contribution in [0.5, 0.6) is 0 Å². The SMILES string of the molecule is CCCCOC(=O)C12CCC(CC1c1cncc(Br)c1)N2. The van der Waals surface area contributed by atoms with Gasteiger partial charge in [0.05, 0.1) is 6.61 Å². The van der Waals surface area contributed by atoms with E-state index >= 15 is 0 Å². The smallest absolute Gasteiger partial charge is 0.326 e. The largest absolute Gasteiger partial charge is 0.464 e. The Labute approximate surface area is 133 Å². The number of esters is 1. The number of fused-ring (bicyclic) bond motifs is 2. The van der Waals surface area contributed by atoms with Gasteiger partial charge in [-0.2, -0.15) is 0 Å². The third-order valence-electron chi connectivity index (χ3n) is 4.69. The fourth-order valence-corrected chi connectivity index (χ4v) is 4.01. The number of pyridine rings is 1. The van der Waals surface area contributed by atoms with Crippen LogP contribution in [-0.2, 0) is 9.53 Å². The van der Waals surface area contributed by atoms with E-state index < -0.39 is 5.54 Å². The van der Waals surface area contributed by atoms with Crippen LogP contribution in [0.3, 0.4) is 0 Å². The maximum Gasteiger partial charge on any atom is 0.326 e. The molecule has 21 heavy (non-hydrogen) atoms. The molecule has 3 atom stereocenters. The van der Waals surface area contributed by atoms with Gasteiger partial charge in [-0.3, -0.25) is 15.1 Å². The molecule has 2 saturated heterocycles. The first-order valence-corrected chi connectivity index (χ1v) is 8.50. The van der Waals surface area contributed by atoms with E-state index in [-0.39, 0.29) is 11.9 Å². The van der Waals surface area contributed by atoms with Crippen LogP contribution in [-0.4, -0.2) is 29.1 Å². The number of unbranched alkanes of at least 4 members (excludes halogenated alkanes) is 1. The summed E-state index contributed by atoms with van der Waals surface area (Å²) in [6, 6.07) is 2.49. The summed E-state index contributed by atoms with van der Waals surface area (Å²) in [7, 11) is 0. The molecule has 0 aromatic carbocycles. The van der Waals surface area contributed by atoms with Crippen molar-refractivity contribution in [1.82, 2.24) is 10.3 Å². The van der Waals surface area contributed by atoms with Gasteiger partial charge in [0.1, 0.15) is 5.54 Å². The number of halogens is 1. The molecule has 0 amide bonds. The number of ether oxygens (including phenoxy) is 1. The van der Waals surface area contributed by atoms with Crippen LogP contribution in [0, 0.1) is 0 Å². The van der Waals surface area contributed by atoms with Gasteiger partial charge in [-0.15, -0.1) is 0 Å². The fourth-order valence-electron chi connectivity index (χ4n) is 3.63. The van der Waals surface area contributed by atoms with E-state index in [4.69, 9.17) is 4.74 Å². The molecule has 114 valence electrons. The van der Waals surface area contributed by atoms with Crippen molar-refractivity contribution in [2.75, 3.05) is 6.61 Å². The van der Waals surface area contributed by atoms with Crippen molar-refractivity contribution in [1.29, 1.82) is 0 Å². The second-order valence-electron chi connectivity index (χ2n) is 6.07. The Morgan fingerprint density at radius 1 is 1.57 bits per heavy atom. The van der Waals surface area contributed by atoms with Gasteiger partial charge in [-0.1, -0.05) is 13.3 Å². The number of hydrogen-bond acceptors (Lipinski definition) is 4. The van der Waals surface area contributed by atoms with E-state index in [0.717, 1.165) is 42.1 Å². The van der Waals surface area contributed by atoms with Crippen molar-refractivity contribution in [2.45, 2.75) is 56.5 Å². The summed E-state index contributed by atoms with van der Waals surface area (Å²) in [5.74, 6) is 0.0799. The molecule has 2 aliphatic heterocycles. The standard InChI is InChI=1S/C16H21BrN2O2/c1-2-3-6-21-15(20)16-5-4-13(19-16)8-14(16)11-7-12(17)10-18-9-11/h7,9-10,13-14,19H,2-6,8H2,1H3. The van der Waals surface area contributed by atoms with E-state index in [2.05, 4.69) is 39.2 Å². The predicted molar refractivity (Wildman–Crippen MR) is 84.1 cm³/mol. The highest BCUT2D eigenvalue weighted by atomic mass is 79.9. The second-order valence-corrected chi connectivity index (χ2v) is 6.98. The summed E-state index contributed by atoms with van der Waals surface area (Å²) in [5.41, 5.74) is 0.576. The second kappa shape index (κ2) is 6.05. The molecule has 4 nitrogen and oxygen atoms in total. The number of nitrogens with zero attached hydrogens (tertiary/aromatic N) is 1. The van der Waals surface area contributed by atoms with E-state index in [9.17, 15) is 4.79 Å². The molecule has 2 bridgehead atoms. The van der Waals surface area contributed by atoms with Gasteiger partial charge >= 0.3 is 5.97 Å². The Bertz CT molecular complexity index is 537. The number of rotatable bonds is 5. The van der Waals surface area contributed by atoms with E-state index in [1.165, 1.54) is 0 Å². The average Bonchev–Trinajstić information content (AvgIpc) is 3.07. The predicted octanol–water partition coefficient (Wildman–Crippen LogP) is 3.17. The minimum atomic E-state index is -0.541. The van der Waals surface area contributed by atoms with Gasteiger partial charge in [0.25, 0.3) is 0 Å². The molecule has 5 heteroatoms. The van der Waals surface area contributed by atoms with Crippen LogP contribution in [0.2, 0.25) is 0 Å². The average molecular weight is 353 g/mol. The molecular weight excluding hydrogens is 332 g/mol. The molecule has 3 rings (SSSR count). The zero-order chi connectivity index (χ0) is 14.9. The summed E-state index contributed by atoms with van der Waals surface area (Å²) in [4.78, 5) is 16.9. The number of aromatic nitrogens is 1. The van der Waals surface area contributed by atoms with Crippen LogP contribution in [0.1, 0.15) is 50.5 Å². The third kappa shape index (κ3) is 2.73. The van der Waals surface area contributed by atoms with E-state index in [1.807, 2.05) is 6.20 Å². The molecule has 0 aliphatic carbocycles. The lowest BCUT2D eigenvalue weighted by atomic mass is 9.74. The molecule has 1 N–H and O–H groups in total. The van der Waals surface area contributed by atoms with Crippen LogP contribution in [0.25, 0.3) is 0 Å². The Hall–Kier alpha value is -0.940. The first kappa shape index (κ1) is 15.0. The van der Waals surface area contributed by atoms with Gasteiger partial charge in [0, 0.05) is 28.8 Å². The number of carbonyl (C=O) groups is 1. The van der Waals surface area contributed by atoms with Gasteiger partial charge in [0.2, 0.25) is 0 Å². The lowest BCUT2D eigenvalue weighted by Crippen LogP contribution is -2.49. The third-order valence-corrected chi connectivity index (χ3v) is 5.12. The van der Waals surface area contributed by atoms with Crippen LogP contribution in [0.4, 0.5) is 0 Å². The van der Waals surface area contributed by atoms with Crippen LogP contribution >= 0.6 is 15.9 Å². The van der Waals surface area contributed by atoms with Gasteiger partial charge < -0.3 is 4.74 Å². The Morgan fingerprint density at radius 3 is 3.14 bits per heavy atom. The zero-order valence-electron chi connectivity index (χ0n) is 12.3. The van der Waals surface area contributed by atoms with Crippen LogP contribution in [0.15, 0.2) is 22.9 Å². The Balaban J connectivity index is 1.82. The van der Waals surface area contributed by atoms with Gasteiger partial charge in [0.15, 0.2) is 0 Å². The molecule has 1 aromatic rings. The van der Waals surface area contributed by atoms with Crippen molar-refractivity contribution < 1.29 is 9.53 Å². The van der Waals surface area contributed by atoms with Crippen molar-refractivity contribution in [3.05, 3.63) is 28.5 Å². The van der Waals surface area contributed by atoms with E-state index in [1.54, 1.807) is 6.20 Å². The highest BCUT2D eigenvalue weighted by Gasteiger charge is 2.58. The van der Waals surface area contributed by atoms with Crippen molar-refractivity contribution >= 4 is 21.9 Å². The maximum atomic E-state index is 12.7. The normalized spacial score (nSPS) is 30.6. The number of nitrogens with one attached hydrogen (secondary N) is 1. The quantitative estimate of drug-likeness (QED) is 0.653.